The molecule has 3 nitrogen and oxygen atoms in total. The smallest absolute Gasteiger partial charge is 0.258 e. The zero-order chi connectivity index (χ0) is 15.7. The van der Waals surface area contributed by atoms with Crippen LogP contribution in [0, 0.1) is 11.6 Å². The molecule has 2 aromatic heterocycles. The lowest BCUT2D eigenvalue weighted by Crippen LogP contribution is -2.15. The minimum atomic E-state index is -0.500. The molecule has 0 amide bonds. The Morgan fingerprint density at radius 2 is 2.00 bits per heavy atom. The van der Waals surface area contributed by atoms with E-state index in [9.17, 15) is 13.6 Å². The van der Waals surface area contributed by atoms with E-state index in [0.717, 1.165) is 34.4 Å². The molecule has 7 heteroatoms. The molecule has 1 aromatic carbocycles. The zero-order valence-electron chi connectivity index (χ0n) is 11.1. The predicted octanol–water partition coefficient (Wildman–Crippen LogP) is 4.03. The van der Waals surface area contributed by atoms with Crippen LogP contribution in [0.25, 0.3) is 5.65 Å². The van der Waals surface area contributed by atoms with E-state index in [-0.39, 0.29) is 16.2 Å². The maximum Gasteiger partial charge on any atom is 0.258 e. The first-order valence-corrected chi connectivity index (χ1v) is 8.06. The van der Waals surface area contributed by atoms with E-state index in [1.165, 1.54) is 10.5 Å². The van der Waals surface area contributed by atoms with E-state index in [2.05, 4.69) is 20.9 Å². The third kappa shape index (κ3) is 3.20. The summed E-state index contributed by atoms with van der Waals surface area (Å²) in [4.78, 5) is 16.6. The lowest BCUT2D eigenvalue weighted by Gasteiger charge is -2.05. The Hall–Kier alpha value is -1.73. The highest BCUT2D eigenvalue weighted by Crippen LogP contribution is 2.25. The van der Waals surface area contributed by atoms with E-state index < -0.39 is 11.6 Å². The number of halogens is 3. The Kier molecular flexibility index (Phi) is 4.26. The Morgan fingerprint density at radius 3 is 2.82 bits per heavy atom. The van der Waals surface area contributed by atoms with Crippen molar-refractivity contribution < 1.29 is 8.78 Å². The van der Waals surface area contributed by atoms with Crippen LogP contribution in [-0.2, 0) is 5.75 Å². The average molecular weight is 383 g/mol. The average Bonchev–Trinajstić information content (AvgIpc) is 2.49. The standard InChI is InChI=1S/C15H9BrF2N2OS/c16-9-1-4-14-19-11(6-15(21)20(14)7-9)8-22-13-5-10(17)2-3-12(13)18/h1-7H,8H2. The molecular formula is C15H9BrF2N2OS. The molecule has 0 saturated heterocycles. The van der Waals surface area contributed by atoms with Crippen LogP contribution in [0.3, 0.4) is 0 Å². The third-order valence-corrected chi connectivity index (χ3v) is 4.48. The molecule has 0 aliphatic rings. The van der Waals surface area contributed by atoms with Crippen LogP contribution in [0.4, 0.5) is 8.78 Å². The lowest BCUT2D eigenvalue weighted by atomic mass is 10.3. The Bertz CT molecular complexity index is 914. The second kappa shape index (κ2) is 6.18. The molecule has 0 bridgehead atoms. The van der Waals surface area contributed by atoms with Crippen LogP contribution in [0.15, 0.2) is 56.8 Å². The van der Waals surface area contributed by atoms with Crippen LogP contribution < -0.4 is 5.56 Å². The normalized spacial score (nSPS) is 11.0. The number of hydrogen-bond acceptors (Lipinski definition) is 3. The zero-order valence-corrected chi connectivity index (χ0v) is 13.5. The van der Waals surface area contributed by atoms with Gasteiger partial charge in [-0.2, -0.15) is 0 Å². The van der Waals surface area contributed by atoms with Crippen molar-refractivity contribution in [3.63, 3.8) is 0 Å². The minimum absolute atomic E-state index is 0.192. The number of thioether (sulfide) groups is 1. The molecule has 2 heterocycles. The van der Waals surface area contributed by atoms with Gasteiger partial charge in [0.1, 0.15) is 17.3 Å². The van der Waals surface area contributed by atoms with Gasteiger partial charge in [0.05, 0.1) is 5.69 Å². The summed E-state index contributed by atoms with van der Waals surface area (Å²) in [6.07, 6.45) is 1.63. The highest BCUT2D eigenvalue weighted by atomic mass is 79.9. The lowest BCUT2D eigenvalue weighted by molar-refractivity contribution is 0.577. The van der Waals surface area contributed by atoms with E-state index in [1.807, 2.05) is 0 Å². The number of aromatic nitrogens is 2. The van der Waals surface area contributed by atoms with E-state index in [1.54, 1.807) is 18.3 Å². The predicted molar refractivity (Wildman–Crippen MR) is 85.1 cm³/mol. The topological polar surface area (TPSA) is 34.4 Å². The Balaban J connectivity index is 1.90. The molecule has 3 aromatic rings. The SMILES string of the molecule is O=c1cc(CSc2cc(F)ccc2F)nc2ccc(Br)cn12. The first kappa shape index (κ1) is 15.2. The number of benzene rings is 1. The highest BCUT2D eigenvalue weighted by molar-refractivity contribution is 9.10. The van der Waals surface area contributed by atoms with Crippen LogP contribution in [0.5, 0.6) is 0 Å². The summed E-state index contributed by atoms with van der Waals surface area (Å²) < 4.78 is 28.9. The van der Waals surface area contributed by atoms with Gasteiger partial charge in [-0.15, -0.1) is 11.8 Å². The fourth-order valence-electron chi connectivity index (χ4n) is 1.94. The molecule has 22 heavy (non-hydrogen) atoms. The van der Waals surface area contributed by atoms with Crippen molar-refractivity contribution in [1.29, 1.82) is 0 Å². The maximum absolute atomic E-state index is 13.6. The maximum atomic E-state index is 13.6. The summed E-state index contributed by atoms with van der Waals surface area (Å²) in [5, 5.41) is 0. The largest absolute Gasteiger partial charge is 0.269 e. The van der Waals surface area contributed by atoms with Crippen LogP contribution in [0.2, 0.25) is 0 Å². The Labute approximate surface area is 137 Å². The quantitative estimate of drug-likeness (QED) is 0.641. The van der Waals surface area contributed by atoms with E-state index in [4.69, 9.17) is 0 Å². The molecule has 0 spiro atoms. The van der Waals surface area contributed by atoms with Crippen molar-refractivity contribution in [3.05, 3.63) is 74.7 Å². The van der Waals surface area contributed by atoms with Gasteiger partial charge in [-0.1, -0.05) is 0 Å². The van der Waals surface area contributed by atoms with Gasteiger partial charge in [-0.25, -0.2) is 13.8 Å². The van der Waals surface area contributed by atoms with Gasteiger partial charge in [0, 0.05) is 27.4 Å². The van der Waals surface area contributed by atoms with Gasteiger partial charge in [-0.05, 0) is 46.3 Å². The summed E-state index contributed by atoms with van der Waals surface area (Å²) >= 11 is 4.39. The van der Waals surface area contributed by atoms with Crippen LogP contribution in [0.1, 0.15) is 5.69 Å². The van der Waals surface area contributed by atoms with E-state index in [0.29, 0.717) is 11.3 Å². The summed E-state index contributed by atoms with van der Waals surface area (Å²) in [5.74, 6) is -0.713. The van der Waals surface area contributed by atoms with Gasteiger partial charge in [0.2, 0.25) is 0 Å². The number of hydrogen-bond donors (Lipinski definition) is 0. The monoisotopic (exact) mass is 382 g/mol. The molecule has 0 unspecified atom stereocenters. The summed E-state index contributed by atoms with van der Waals surface area (Å²) in [6, 6.07) is 8.16. The fraction of sp³-hybridized carbons (Fsp3) is 0.0667. The van der Waals surface area contributed by atoms with Gasteiger partial charge in [0.15, 0.2) is 0 Å². The van der Waals surface area contributed by atoms with Crippen molar-refractivity contribution in [1.82, 2.24) is 9.38 Å². The number of fused-ring (bicyclic) bond motifs is 1. The fourth-order valence-corrected chi connectivity index (χ4v) is 3.13. The molecule has 0 aliphatic carbocycles. The number of nitrogens with zero attached hydrogens (tertiary/aromatic N) is 2. The first-order chi connectivity index (χ1) is 10.5. The molecule has 0 atom stereocenters. The van der Waals surface area contributed by atoms with Crippen LogP contribution in [-0.4, -0.2) is 9.38 Å². The number of pyridine rings is 1. The van der Waals surface area contributed by atoms with E-state index >= 15 is 0 Å². The van der Waals surface area contributed by atoms with Crippen molar-refractivity contribution in [3.8, 4) is 0 Å². The third-order valence-electron chi connectivity index (χ3n) is 2.95. The van der Waals surface area contributed by atoms with Crippen molar-refractivity contribution in [2.75, 3.05) is 0 Å². The molecule has 0 fully saturated rings. The van der Waals surface area contributed by atoms with Crippen molar-refractivity contribution in [2.45, 2.75) is 10.6 Å². The molecule has 3 rings (SSSR count). The van der Waals surface area contributed by atoms with Crippen molar-refractivity contribution in [2.24, 2.45) is 0 Å². The second-order valence-corrected chi connectivity index (χ2v) is 6.46. The molecule has 112 valence electrons. The number of rotatable bonds is 3. The van der Waals surface area contributed by atoms with Gasteiger partial charge < -0.3 is 0 Å². The van der Waals surface area contributed by atoms with Crippen LogP contribution >= 0.6 is 27.7 Å². The summed E-state index contributed by atoms with van der Waals surface area (Å²) in [6.45, 7) is 0. The highest BCUT2D eigenvalue weighted by Gasteiger charge is 2.07. The van der Waals surface area contributed by atoms with Crippen molar-refractivity contribution >= 4 is 33.3 Å². The minimum Gasteiger partial charge on any atom is -0.269 e. The second-order valence-electron chi connectivity index (χ2n) is 4.52. The molecule has 0 saturated carbocycles. The summed E-state index contributed by atoms with van der Waals surface area (Å²) in [5.41, 5.74) is 0.800. The molecule has 0 aliphatic heterocycles. The summed E-state index contributed by atoms with van der Waals surface area (Å²) in [7, 11) is 0. The first-order valence-electron chi connectivity index (χ1n) is 6.28. The molecule has 0 radical (unpaired) electrons. The van der Waals surface area contributed by atoms with Gasteiger partial charge in [0.25, 0.3) is 5.56 Å². The molecular weight excluding hydrogens is 374 g/mol. The molecule has 0 N–H and O–H groups in total. The van der Waals surface area contributed by atoms with Gasteiger partial charge >= 0.3 is 0 Å². The Morgan fingerprint density at radius 1 is 1.18 bits per heavy atom. The van der Waals surface area contributed by atoms with Gasteiger partial charge in [-0.3, -0.25) is 9.20 Å².